The fourth-order valence-electron chi connectivity index (χ4n) is 1.08. The maximum Gasteiger partial charge on any atom is 0.209 e. The predicted octanol–water partition coefficient (Wildman–Crippen LogP) is 0.869. The van der Waals surface area contributed by atoms with E-state index in [1.54, 1.807) is 18.2 Å². The van der Waals surface area contributed by atoms with Gasteiger partial charge in [0, 0.05) is 5.69 Å². The quantitative estimate of drug-likeness (QED) is 0.611. The lowest BCUT2D eigenvalue weighted by atomic mass is 10.3. The van der Waals surface area contributed by atoms with Crippen LogP contribution in [0.4, 0.5) is 5.69 Å². The van der Waals surface area contributed by atoms with Crippen molar-refractivity contribution in [3.8, 4) is 0 Å². The molecule has 4 nitrogen and oxygen atoms in total. The zero-order valence-corrected chi connectivity index (χ0v) is 6.45. The first-order valence-corrected chi connectivity index (χ1v) is 3.64. The number of anilines is 1. The summed E-state index contributed by atoms with van der Waals surface area (Å²) in [6.45, 7) is 0.314. The Morgan fingerprint density at radius 1 is 1.42 bits per heavy atom. The lowest BCUT2D eigenvalue weighted by molar-refractivity contribution is 0.533. The standard InChI is InChI=1S/C8H9N3O/c9-4-8-11-6-3-5(10)1-2-7(6)12-8/h1-3H,4,9-10H2. The summed E-state index contributed by atoms with van der Waals surface area (Å²) in [6.07, 6.45) is 0. The number of hydrogen-bond acceptors (Lipinski definition) is 4. The molecule has 0 aliphatic rings. The molecule has 0 bridgehead atoms. The Morgan fingerprint density at radius 3 is 3.00 bits per heavy atom. The third-order valence-corrected chi connectivity index (χ3v) is 1.63. The highest BCUT2D eigenvalue weighted by molar-refractivity contribution is 5.76. The normalized spacial score (nSPS) is 10.8. The van der Waals surface area contributed by atoms with Gasteiger partial charge in [0.1, 0.15) is 5.52 Å². The van der Waals surface area contributed by atoms with E-state index in [0.717, 1.165) is 11.1 Å². The van der Waals surface area contributed by atoms with Crippen LogP contribution in [0, 0.1) is 0 Å². The predicted molar refractivity (Wildman–Crippen MR) is 46.3 cm³/mol. The summed E-state index contributed by atoms with van der Waals surface area (Å²) < 4.78 is 5.28. The molecule has 1 heterocycles. The molecule has 4 heteroatoms. The molecule has 0 aliphatic heterocycles. The first kappa shape index (κ1) is 7.12. The van der Waals surface area contributed by atoms with E-state index in [1.165, 1.54) is 0 Å². The van der Waals surface area contributed by atoms with Gasteiger partial charge in [0.15, 0.2) is 5.58 Å². The maximum atomic E-state index is 5.56. The Hall–Kier alpha value is -1.55. The summed E-state index contributed by atoms with van der Waals surface area (Å²) in [4.78, 5) is 4.12. The highest BCUT2D eigenvalue weighted by Crippen LogP contribution is 2.17. The number of nitrogens with zero attached hydrogens (tertiary/aromatic N) is 1. The number of fused-ring (bicyclic) bond motifs is 1. The average molecular weight is 163 g/mol. The van der Waals surface area contributed by atoms with E-state index in [9.17, 15) is 0 Å². The van der Waals surface area contributed by atoms with Crippen LogP contribution in [0.15, 0.2) is 22.6 Å². The minimum atomic E-state index is 0.314. The van der Waals surface area contributed by atoms with Gasteiger partial charge in [-0.2, -0.15) is 0 Å². The molecule has 0 spiro atoms. The Labute approximate surface area is 69.2 Å². The topological polar surface area (TPSA) is 78.1 Å². The summed E-state index contributed by atoms with van der Waals surface area (Å²) >= 11 is 0. The van der Waals surface area contributed by atoms with Gasteiger partial charge in [-0.1, -0.05) is 0 Å². The molecular formula is C8H9N3O. The van der Waals surface area contributed by atoms with Crippen molar-refractivity contribution in [2.75, 3.05) is 5.73 Å². The maximum absolute atomic E-state index is 5.56. The lowest BCUT2D eigenvalue weighted by Gasteiger charge is -1.88. The Kier molecular flexibility index (Phi) is 1.48. The molecule has 62 valence electrons. The molecule has 0 atom stereocenters. The number of rotatable bonds is 1. The number of oxazole rings is 1. The van der Waals surface area contributed by atoms with E-state index in [4.69, 9.17) is 15.9 Å². The van der Waals surface area contributed by atoms with Crippen molar-refractivity contribution < 1.29 is 4.42 Å². The molecular weight excluding hydrogens is 154 g/mol. The van der Waals surface area contributed by atoms with Gasteiger partial charge in [0.25, 0.3) is 0 Å². The monoisotopic (exact) mass is 163 g/mol. The van der Waals surface area contributed by atoms with Crippen LogP contribution in [0.1, 0.15) is 5.89 Å². The van der Waals surface area contributed by atoms with Gasteiger partial charge in [0.05, 0.1) is 6.54 Å². The van der Waals surface area contributed by atoms with E-state index in [1.807, 2.05) is 0 Å². The van der Waals surface area contributed by atoms with Gasteiger partial charge < -0.3 is 15.9 Å². The third kappa shape index (κ3) is 1.02. The second kappa shape index (κ2) is 2.49. The summed E-state index contributed by atoms with van der Waals surface area (Å²) in [6, 6.07) is 5.32. The molecule has 1 aromatic heterocycles. The van der Waals surface area contributed by atoms with E-state index in [0.29, 0.717) is 18.1 Å². The molecule has 2 aromatic rings. The average Bonchev–Trinajstić information content (AvgIpc) is 2.46. The van der Waals surface area contributed by atoms with Gasteiger partial charge in [-0.25, -0.2) is 4.98 Å². The number of benzene rings is 1. The largest absolute Gasteiger partial charge is 0.439 e. The van der Waals surface area contributed by atoms with Crippen LogP contribution in [0.5, 0.6) is 0 Å². The molecule has 0 radical (unpaired) electrons. The lowest BCUT2D eigenvalue weighted by Crippen LogP contribution is -1.95. The molecule has 0 amide bonds. The second-order valence-corrected chi connectivity index (χ2v) is 2.54. The van der Waals surface area contributed by atoms with Crippen LogP contribution in [0.2, 0.25) is 0 Å². The summed E-state index contributed by atoms with van der Waals surface area (Å²) in [5.74, 6) is 0.538. The number of aromatic nitrogens is 1. The highest BCUT2D eigenvalue weighted by atomic mass is 16.3. The van der Waals surface area contributed by atoms with Gasteiger partial charge in [-0.15, -0.1) is 0 Å². The van der Waals surface area contributed by atoms with E-state index in [2.05, 4.69) is 4.98 Å². The van der Waals surface area contributed by atoms with Gasteiger partial charge in [-0.3, -0.25) is 0 Å². The van der Waals surface area contributed by atoms with Crippen LogP contribution in [-0.2, 0) is 6.54 Å². The first-order chi connectivity index (χ1) is 5.79. The molecule has 0 saturated carbocycles. The third-order valence-electron chi connectivity index (χ3n) is 1.63. The van der Waals surface area contributed by atoms with Crippen molar-refractivity contribution in [3.05, 3.63) is 24.1 Å². The molecule has 1 aromatic carbocycles. The summed E-state index contributed by atoms with van der Waals surface area (Å²) in [5, 5.41) is 0. The minimum absolute atomic E-state index is 0.314. The number of nitrogens with two attached hydrogens (primary N) is 2. The zero-order chi connectivity index (χ0) is 8.55. The molecule has 0 fully saturated rings. The molecule has 0 saturated heterocycles. The summed E-state index contributed by atoms with van der Waals surface area (Å²) in [7, 11) is 0. The summed E-state index contributed by atoms with van der Waals surface area (Å²) in [5.41, 5.74) is 13.1. The van der Waals surface area contributed by atoms with Crippen LogP contribution >= 0.6 is 0 Å². The van der Waals surface area contributed by atoms with Crippen molar-refractivity contribution in [3.63, 3.8) is 0 Å². The molecule has 4 N–H and O–H groups in total. The number of nitrogen functional groups attached to an aromatic ring is 1. The molecule has 0 aliphatic carbocycles. The Bertz CT molecular complexity index is 408. The van der Waals surface area contributed by atoms with Crippen molar-refractivity contribution in [1.82, 2.24) is 4.98 Å². The number of hydrogen-bond donors (Lipinski definition) is 2. The molecule has 12 heavy (non-hydrogen) atoms. The van der Waals surface area contributed by atoms with Gasteiger partial charge in [0.2, 0.25) is 5.89 Å². The molecule has 2 rings (SSSR count). The van der Waals surface area contributed by atoms with Crippen molar-refractivity contribution in [2.45, 2.75) is 6.54 Å². The molecule has 0 unspecified atom stereocenters. The zero-order valence-electron chi connectivity index (χ0n) is 6.45. The van der Waals surface area contributed by atoms with Crippen LogP contribution in [-0.4, -0.2) is 4.98 Å². The smallest absolute Gasteiger partial charge is 0.209 e. The van der Waals surface area contributed by atoms with Crippen LogP contribution < -0.4 is 11.5 Å². The van der Waals surface area contributed by atoms with Gasteiger partial charge >= 0.3 is 0 Å². The second-order valence-electron chi connectivity index (χ2n) is 2.54. The van der Waals surface area contributed by atoms with Crippen molar-refractivity contribution in [2.24, 2.45) is 5.73 Å². The first-order valence-electron chi connectivity index (χ1n) is 3.64. The van der Waals surface area contributed by atoms with Crippen LogP contribution in [0.3, 0.4) is 0 Å². The Balaban J connectivity index is 2.67. The van der Waals surface area contributed by atoms with Crippen molar-refractivity contribution in [1.29, 1.82) is 0 Å². The van der Waals surface area contributed by atoms with Crippen molar-refractivity contribution >= 4 is 16.8 Å². The van der Waals surface area contributed by atoms with E-state index >= 15 is 0 Å². The minimum Gasteiger partial charge on any atom is -0.439 e. The van der Waals surface area contributed by atoms with Gasteiger partial charge in [-0.05, 0) is 18.2 Å². The van der Waals surface area contributed by atoms with E-state index < -0.39 is 0 Å². The fraction of sp³-hybridized carbons (Fsp3) is 0.125. The van der Waals surface area contributed by atoms with E-state index in [-0.39, 0.29) is 0 Å². The Morgan fingerprint density at radius 2 is 2.25 bits per heavy atom. The van der Waals surface area contributed by atoms with Crippen LogP contribution in [0.25, 0.3) is 11.1 Å². The highest BCUT2D eigenvalue weighted by Gasteiger charge is 2.02. The SMILES string of the molecule is NCc1nc2cc(N)ccc2o1. The fourth-order valence-corrected chi connectivity index (χ4v) is 1.08.